The Labute approximate surface area is 166 Å². The van der Waals surface area contributed by atoms with Crippen LogP contribution in [0.4, 0.5) is 0 Å². The van der Waals surface area contributed by atoms with Crippen molar-refractivity contribution < 1.29 is 9.47 Å². The minimum atomic E-state index is -0.345. The second-order valence-electron chi connectivity index (χ2n) is 6.64. The standard InChI is InChI=1S/C19H21N7O3/c1-26-10-15(23-11-26)17-16-14(2-5-21-17)18(27)25-19(24-16)29-13(8-20)9-22-12-3-6-28-7-4-12/h2,5,8-12H,3-4,6-7,20H2,1H3,(H,24,25,27). The third kappa shape index (κ3) is 4.16. The molecule has 3 N–H and O–H groups in total. The Kier molecular flexibility index (Phi) is 5.34. The van der Waals surface area contributed by atoms with Crippen LogP contribution in [0.15, 0.2) is 46.5 Å². The molecule has 0 unspecified atom stereocenters. The van der Waals surface area contributed by atoms with Crippen LogP contribution in [0.2, 0.25) is 0 Å². The van der Waals surface area contributed by atoms with Gasteiger partial charge in [-0.3, -0.25) is 19.8 Å². The van der Waals surface area contributed by atoms with Gasteiger partial charge in [0.15, 0.2) is 5.76 Å². The van der Waals surface area contributed by atoms with Crippen LogP contribution in [0.25, 0.3) is 22.3 Å². The molecule has 0 bridgehead atoms. The van der Waals surface area contributed by atoms with Crippen molar-refractivity contribution in [1.82, 2.24) is 24.5 Å². The van der Waals surface area contributed by atoms with Crippen LogP contribution < -0.4 is 16.0 Å². The smallest absolute Gasteiger partial charge is 0.302 e. The van der Waals surface area contributed by atoms with Gasteiger partial charge in [-0.1, -0.05) is 0 Å². The number of ether oxygens (including phenoxy) is 2. The molecule has 3 aromatic rings. The van der Waals surface area contributed by atoms with E-state index in [0.29, 0.717) is 35.5 Å². The molecule has 1 fully saturated rings. The number of nitrogens with two attached hydrogens (primary N) is 1. The van der Waals surface area contributed by atoms with Crippen LogP contribution in [0, 0.1) is 0 Å². The maximum atomic E-state index is 12.5. The molecule has 0 aromatic carbocycles. The number of aromatic nitrogens is 5. The molecule has 1 saturated heterocycles. The first kappa shape index (κ1) is 18.8. The summed E-state index contributed by atoms with van der Waals surface area (Å²) in [4.78, 5) is 32.7. The van der Waals surface area contributed by atoms with Gasteiger partial charge >= 0.3 is 6.01 Å². The lowest BCUT2D eigenvalue weighted by Gasteiger charge is -2.18. The van der Waals surface area contributed by atoms with E-state index >= 15 is 0 Å². The highest BCUT2D eigenvalue weighted by molar-refractivity contribution is 5.89. The molecule has 0 spiro atoms. The van der Waals surface area contributed by atoms with Crippen molar-refractivity contribution in [1.29, 1.82) is 0 Å². The van der Waals surface area contributed by atoms with Crippen molar-refractivity contribution in [2.75, 3.05) is 13.2 Å². The van der Waals surface area contributed by atoms with E-state index in [1.165, 1.54) is 6.20 Å². The first-order valence-electron chi connectivity index (χ1n) is 9.22. The molecule has 0 atom stereocenters. The lowest BCUT2D eigenvalue weighted by molar-refractivity contribution is 0.0872. The van der Waals surface area contributed by atoms with E-state index in [-0.39, 0.29) is 23.4 Å². The zero-order valence-electron chi connectivity index (χ0n) is 15.9. The van der Waals surface area contributed by atoms with Gasteiger partial charge in [0.25, 0.3) is 5.56 Å². The van der Waals surface area contributed by atoms with E-state index in [2.05, 4.69) is 24.9 Å². The summed E-state index contributed by atoms with van der Waals surface area (Å²) in [6.45, 7) is 1.38. The Morgan fingerprint density at radius 3 is 2.97 bits per heavy atom. The number of aromatic amines is 1. The second kappa shape index (κ2) is 8.23. The fourth-order valence-corrected chi connectivity index (χ4v) is 3.04. The van der Waals surface area contributed by atoms with E-state index in [0.717, 1.165) is 12.8 Å². The van der Waals surface area contributed by atoms with Gasteiger partial charge in [0.05, 0.1) is 24.0 Å². The van der Waals surface area contributed by atoms with Gasteiger partial charge in [0.1, 0.15) is 16.9 Å². The van der Waals surface area contributed by atoms with Crippen molar-refractivity contribution >= 4 is 17.1 Å². The lowest BCUT2D eigenvalue weighted by Crippen LogP contribution is -2.19. The minimum absolute atomic E-state index is 0.00260. The molecule has 0 radical (unpaired) electrons. The zero-order valence-corrected chi connectivity index (χ0v) is 15.9. The molecule has 3 aromatic heterocycles. The molecule has 10 nitrogen and oxygen atoms in total. The Morgan fingerprint density at radius 1 is 1.41 bits per heavy atom. The van der Waals surface area contributed by atoms with Crippen LogP contribution in [-0.2, 0) is 11.8 Å². The molecule has 0 aliphatic carbocycles. The average Bonchev–Trinajstić information content (AvgIpc) is 3.17. The zero-order chi connectivity index (χ0) is 20.2. The topological polar surface area (TPSA) is 133 Å². The quantitative estimate of drug-likeness (QED) is 0.489. The van der Waals surface area contributed by atoms with Gasteiger partial charge in [-0.25, -0.2) is 4.98 Å². The minimum Gasteiger partial charge on any atom is -0.422 e. The number of rotatable bonds is 5. The number of imidazole rings is 1. The molecule has 29 heavy (non-hydrogen) atoms. The van der Waals surface area contributed by atoms with Crippen LogP contribution in [0.3, 0.4) is 0 Å². The number of fused-ring (bicyclic) bond motifs is 1. The van der Waals surface area contributed by atoms with Gasteiger partial charge in [-0.05, 0) is 18.9 Å². The van der Waals surface area contributed by atoms with Gasteiger partial charge in [-0.15, -0.1) is 0 Å². The van der Waals surface area contributed by atoms with Gasteiger partial charge in [0.2, 0.25) is 0 Å². The number of hydrogen-bond donors (Lipinski definition) is 2. The third-order valence-corrected chi connectivity index (χ3v) is 4.53. The van der Waals surface area contributed by atoms with Crippen molar-refractivity contribution in [2.45, 2.75) is 18.9 Å². The molecular formula is C19H21N7O3. The first-order chi connectivity index (χ1) is 14.1. The number of pyridine rings is 1. The van der Waals surface area contributed by atoms with Crippen LogP contribution in [-0.4, -0.2) is 50.0 Å². The lowest BCUT2D eigenvalue weighted by atomic mass is 10.1. The van der Waals surface area contributed by atoms with Gasteiger partial charge < -0.3 is 19.8 Å². The predicted octanol–water partition coefficient (Wildman–Crippen LogP) is 1.15. The van der Waals surface area contributed by atoms with E-state index in [1.54, 1.807) is 35.6 Å². The number of aliphatic imine (C=N–C) groups is 1. The SMILES string of the molecule is Cn1cnc(-c2nccc3c(=O)[nH]c(OC(C=NC4CCOCC4)=CN)nc23)c1. The predicted molar refractivity (Wildman–Crippen MR) is 108 cm³/mol. The van der Waals surface area contributed by atoms with Crippen molar-refractivity contribution in [3.63, 3.8) is 0 Å². The number of allylic oxidation sites excluding steroid dienone is 1. The Morgan fingerprint density at radius 2 is 2.24 bits per heavy atom. The average molecular weight is 395 g/mol. The van der Waals surface area contributed by atoms with Crippen LogP contribution in [0.5, 0.6) is 6.01 Å². The van der Waals surface area contributed by atoms with E-state index in [1.807, 2.05) is 7.05 Å². The second-order valence-corrected chi connectivity index (χ2v) is 6.64. The van der Waals surface area contributed by atoms with E-state index in [9.17, 15) is 4.79 Å². The summed E-state index contributed by atoms with van der Waals surface area (Å²) in [6.07, 6.45) is 9.52. The monoisotopic (exact) mass is 395 g/mol. The van der Waals surface area contributed by atoms with E-state index < -0.39 is 0 Å². The van der Waals surface area contributed by atoms with Crippen LogP contribution in [0.1, 0.15) is 12.8 Å². The van der Waals surface area contributed by atoms with Gasteiger partial charge in [0, 0.05) is 38.9 Å². The molecule has 0 saturated carbocycles. The van der Waals surface area contributed by atoms with Crippen molar-refractivity contribution in [2.24, 2.45) is 17.8 Å². The van der Waals surface area contributed by atoms with Crippen LogP contribution >= 0.6 is 0 Å². The van der Waals surface area contributed by atoms with E-state index in [4.69, 9.17) is 15.2 Å². The summed E-state index contributed by atoms with van der Waals surface area (Å²) < 4.78 is 12.8. The summed E-state index contributed by atoms with van der Waals surface area (Å²) >= 11 is 0. The first-order valence-corrected chi connectivity index (χ1v) is 9.22. The Bertz CT molecular complexity index is 1130. The molecule has 4 rings (SSSR count). The number of nitrogens with one attached hydrogen (secondary N) is 1. The molecular weight excluding hydrogens is 374 g/mol. The fourth-order valence-electron chi connectivity index (χ4n) is 3.04. The largest absolute Gasteiger partial charge is 0.422 e. The highest BCUT2D eigenvalue weighted by Crippen LogP contribution is 2.23. The normalized spacial score (nSPS) is 16.0. The Balaban J connectivity index is 1.65. The maximum Gasteiger partial charge on any atom is 0.302 e. The molecule has 0 amide bonds. The third-order valence-electron chi connectivity index (χ3n) is 4.53. The highest BCUT2D eigenvalue weighted by Gasteiger charge is 2.15. The summed E-state index contributed by atoms with van der Waals surface area (Å²) in [6, 6.07) is 1.76. The molecule has 1 aliphatic rings. The molecule has 1 aliphatic heterocycles. The van der Waals surface area contributed by atoms with Gasteiger partial charge in [-0.2, -0.15) is 4.98 Å². The number of nitrogens with zero attached hydrogens (tertiary/aromatic N) is 5. The summed E-state index contributed by atoms with van der Waals surface area (Å²) in [5.74, 6) is 0.280. The maximum absolute atomic E-state index is 12.5. The highest BCUT2D eigenvalue weighted by atomic mass is 16.5. The molecule has 150 valence electrons. The number of aryl methyl sites for hydroxylation is 1. The Hall–Kier alpha value is -3.53. The molecule has 10 heteroatoms. The molecule has 4 heterocycles. The van der Waals surface area contributed by atoms with Crippen molar-refractivity contribution in [3.05, 3.63) is 47.1 Å². The number of H-pyrrole nitrogens is 1. The number of hydrogen-bond acceptors (Lipinski definition) is 8. The summed E-state index contributed by atoms with van der Waals surface area (Å²) in [7, 11) is 1.85. The fraction of sp³-hybridized carbons (Fsp3) is 0.316. The van der Waals surface area contributed by atoms with Crippen molar-refractivity contribution in [3.8, 4) is 17.4 Å². The summed E-state index contributed by atoms with van der Waals surface area (Å²) in [5.41, 5.74) is 6.81. The summed E-state index contributed by atoms with van der Waals surface area (Å²) in [5, 5.41) is 0.391.